The molecule has 0 heterocycles. The van der Waals surface area contributed by atoms with Crippen LogP contribution in [0.4, 0.5) is 0 Å². The first-order valence-corrected chi connectivity index (χ1v) is 7.28. The Hall–Kier alpha value is -1.84. The smallest absolute Gasteiger partial charge is 0.119 e. The van der Waals surface area contributed by atoms with Crippen LogP contribution in [0.3, 0.4) is 0 Å². The lowest BCUT2D eigenvalue weighted by Crippen LogP contribution is -2.31. The van der Waals surface area contributed by atoms with E-state index in [1.165, 1.54) is 16.7 Å². The molecule has 0 aliphatic rings. The molecule has 0 radical (unpaired) electrons. The van der Waals surface area contributed by atoms with Gasteiger partial charge in [0.1, 0.15) is 18.5 Å². The first kappa shape index (κ1) is 15.5. The van der Waals surface area contributed by atoms with Crippen molar-refractivity contribution in [3.8, 4) is 5.75 Å². The number of ether oxygens (including phenoxy) is 1. The summed E-state index contributed by atoms with van der Waals surface area (Å²) in [4.78, 5) is 0. The van der Waals surface area contributed by atoms with E-state index < -0.39 is 6.10 Å². The van der Waals surface area contributed by atoms with Gasteiger partial charge in [-0.25, -0.2) is 0 Å². The van der Waals surface area contributed by atoms with Crippen LogP contribution in [0.25, 0.3) is 0 Å². The molecule has 2 aromatic carbocycles. The average molecular weight is 285 g/mol. The second kappa shape index (κ2) is 7.81. The lowest BCUT2D eigenvalue weighted by molar-refractivity contribution is 0.106. The van der Waals surface area contributed by atoms with E-state index >= 15 is 0 Å². The molecule has 112 valence electrons. The number of rotatable bonds is 7. The lowest BCUT2D eigenvalue weighted by atomic mass is 10.1. The zero-order chi connectivity index (χ0) is 15.1. The van der Waals surface area contributed by atoms with Gasteiger partial charge in [-0.15, -0.1) is 0 Å². The van der Waals surface area contributed by atoms with Crippen LogP contribution < -0.4 is 10.1 Å². The van der Waals surface area contributed by atoms with Gasteiger partial charge in [-0.2, -0.15) is 0 Å². The number of aliphatic hydroxyl groups excluding tert-OH is 1. The van der Waals surface area contributed by atoms with Crippen molar-refractivity contribution in [1.82, 2.24) is 5.32 Å². The molecule has 0 saturated heterocycles. The number of hydrogen-bond acceptors (Lipinski definition) is 3. The summed E-state index contributed by atoms with van der Waals surface area (Å²) in [7, 11) is 0. The van der Waals surface area contributed by atoms with E-state index in [1.807, 2.05) is 36.4 Å². The van der Waals surface area contributed by atoms with Gasteiger partial charge in [0, 0.05) is 13.1 Å². The Morgan fingerprint density at radius 3 is 2.52 bits per heavy atom. The highest BCUT2D eigenvalue weighted by molar-refractivity contribution is 5.33. The fourth-order valence-electron chi connectivity index (χ4n) is 2.03. The highest BCUT2D eigenvalue weighted by Crippen LogP contribution is 2.16. The summed E-state index contributed by atoms with van der Waals surface area (Å²) in [5, 5.41) is 13.2. The van der Waals surface area contributed by atoms with Crippen LogP contribution in [-0.4, -0.2) is 24.4 Å². The van der Waals surface area contributed by atoms with Crippen molar-refractivity contribution in [1.29, 1.82) is 0 Å². The largest absolute Gasteiger partial charge is 0.491 e. The van der Waals surface area contributed by atoms with Gasteiger partial charge in [-0.05, 0) is 42.7 Å². The third kappa shape index (κ3) is 5.21. The minimum atomic E-state index is -0.518. The monoisotopic (exact) mass is 285 g/mol. The summed E-state index contributed by atoms with van der Waals surface area (Å²) in [6.45, 7) is 5.69. The molecule has 3 nitrogen and oxygen atoms in total. The molecule has 0 fully saturated rings. The van der Waals surface area contributed by atoms with Crippen LogP contribution in [0.2, 0.25) is 0 Å². The Morgan fingerprint density at radius 1 is 1.05 bits per heavy atom. The van der Waals surface area contributed by atoms with Gasteiger partial charge in [0.2, 0.25) is 0 Å². The second-order valence-electron chi connectivity index (χ2n) is 5.33. The Morgan fingerprint density at radius 2 is 1.81 bits per heavy atom. The van der Waals surface area contributed by atoms with Gasteiger partial charge >= 0.3 is 0 Å². The molecule has 21 heavy (non-hydrogen) atoms. The van der Waals surface area contributed by atoms with Gasteiger partial charge < -0.3 is 15.2 Å². The van der Waals surface area contributed by atoms with Crippen LogP contribution in [0.5, 0.6) is 5.75 Å². The summed E-state index contributed by atoms with van der Waals surface area (Å²) >= 11 is 0. The van der Waals surface area contributed by atoms with E-state index in [9.17, 15) is 5.11 Å². The second-order valence-corrected chi connectivity index (χ2v) is 5.33. The summed E-state index contributed by atoms with van der Waals surface area (Å²) in [6.07, 6.45) is -0.518. The van der Waals surface area contributed by atoms with Crippen molar-refractivity contribution >= 4 is 0 Å². The maximum absolute atomic E-state index is 9.92. The van der Waals surface area contributed by atoms with Crippen LogP contribution >= 0.6 is 0 Å². The maximum atomic E-state index is 9.92. The zero-order valence-corrected chi connectivity index (χ0v) is 12.7. The van der Waals surface area contributed by atoms with Crippen molar-refractivity contribution in [2.45, 2.75) is 26.5 Å². The fourth-order valence-corrected chi connectivity index (χ4v) is 2.03. The first-order valence-electron chi connectivity index (χ1n) is 7.28. The Bertz CT molecular complexity index is 554. The van der Waals surface area contributed by atoms with Crippen molar-refractivity contribution in [3.63, 3.8) is 0 Å². The molecule has 0 bridgehead atoms. The topological polar surface area (TPSA) is 41.5 Å². The molecule has 0 aromatic heterocycles. The minimum absolute atomic E-state index is 0.296. The summed E-state index contributed by atoms with van der Waals surface area (Å²) < 4.78 is 5.62. The van der Waals surface area contributed by atoms with E-state index in [-0.39, 0.29) is 0 Å². The molecule has 0 saturated carbocycles. The summed E-state index contributed by atoms with van der Waals surface area (Å²) in [5.74, 6) is 0.806. The third-order valence-electron chi connectivity index (χ3n) is 3.47. The van der Waals surface area contributed by atoms with E-state index in [0.29, 0.717) is 13.2 Å². The SMILES string of the molecule is Cc1ccc(OC[C@@H](O)CNCc2ccccc2)cc1C. The molecule has 0 amide bonds. The number of benzene rings is 2. The molecule has 0 aliphatic carbocycles. The predicted molar refractivity (Wildman–Crippen MR) is 85.6 cm³/mol. The molecule has 2 rings (SSSR count). The maximum Gasteiger partial charge on any atom is 0.119 e. The minimum Gasteiger partial charge on any atom is -0.491 e. The highest BCUT2D eigenvalue weighted by Gasteiger charge is 2.05. The average Bonchev–Trinajstić information content (AvgIpc) is 2.49. The molecule has 0 spiro atoms. The van der Waals surface area contributed by atoms with Crippen LogP contribution in [-0.2, 0) is 6.54 Å². The van der Waals surface area contributed by atoms with E-state index in [4.69, 9.17) is 4.74 Å². The molecule has 3 heteroatoms. The van der Waals surface area contributed by atoms with E-state index in [1.54, 1.807) is 0 Å². The lowest BCUT2D eigenvalue weighted by Gasteiger charge is -2.14. The summed E-state index contributed by atoms with van der Waals surface area (Å²) in [5.41, 5.74) is 3.65. The van der Waals surface area contributed by atoms with E-state index in [0.717, 1.165) is 12.3 Å². The van der Waals surface area contributed by atoms with Crippen LogP contribution in [0.1, 0.15) is 16.7 Å². The predicted octanol–water partition coefficient (Wildman–Crippen LogP) is 2.83. The Kier molecular flexibility index (Phi) is 5.78. The molecular weight excluding hydrogens is 262 g/mol. The number of aliphatic hydroxyl groups is 1. The zero-order valence-electron chi connectivity index (χ0n) is 12.7. The standard InChI is InChI=1S/C18H23NO2/c1-14-8-9-18(10-15(14)2)21-13-17(20)12-19-11-16-6-4-3-5-7-16/h3-10,17,19-20H,11-13H2,1-2H3/t17-/m0/s1. The number of nitrogens with one attached hydrogen (secondary N) is 1. The number of hydrogen-bond donors (Lipinski definition) is 2. The fraction of sp³-hybridized carbons (Fsp3) is 0.333. The highest BCUT2D eigenvalue weighted by atomic mass is 16.5. The van der Waals surface area contributed by atoms with Crippen molar-refractivity contribution in [2.75, 3.05) is 13.2 Å². The molecule has 0 unspecified atom stereocenters. The van der Waals surface area contributed by atoms with Crippen molar-refractivity contribution in [3.05, 3.63) is 65.2 Å². The summed E-state index contributed by atoms with van der Waals surface area (Å²) in [6, 6.07) is 16.1. The molecule has 2 N–H and O–H groups in total. The Balaban J connectivity index is 1.69. The van der Waals surface area contributed by atoms with Crippen molar-refractivity contribution < 1.29 is 9.84 Å². The van der Waals surface area contributed by atoms with Crippen LogP contribution in [0.15, 0.2) is 48.5 Å². The molecular formula is C18H23NO2. The van der Waals surface area contributed by atoms with Gasteiger partial charge in [0.15, 0.2) is 0 Å². The van der Waals surface area contributed by atoms with Crippen LogP contribution in [0, 0.1) is 13.8 Å². The van der Waals surface area contributed by atoms with E-state index in [2.05, 4.69) is 31.3 Å². The normalized spacial score (nSPS) is 12.1. The molecule has 1 atom stereocenters. The van der Waals surface area contributed by atoms with Crippen molar-refractivity contribution in [2.24, 2.45) is 0 Å². The quantitative estimate of drug-likeness (QED) is 0.822. The Labute approximate surface area is 126 Å². The van der Waals surface area contributed by atoms with Gasteiger partial charge in [-0.3, -0.25) is 0 Å². The van der Waals surface area contributed by atoms with Gasteiger partial charge in [0.05, 0.1) is 0 Å². The first-order chi connectivity index (χ1) is 10.1. The van der Waals surface area contributed by atoms with Gasteiger partial charge in [0.25, 0.3) is 0 Å². The van der Waals surface area contributed by atoms with Gasteiger partial charge in [-0.1, -0.05) is 36.4 Å². The molecule has 2 aromatic rings. The third-order valence-corrected chi connectivity index (χ3v) is 3.47. The molecule has 0 aliphatic heterocycles. The number of aryl methyl sites for hydroxylation is 2.